The number of nitrogens with zero attached hydrogens (tertiary/aromatic N) is 2. The topological polar surface area (TPSA) is 29.9 Å². The summed E-state index contributed by atoms with van der Waals surface area (Å²) in [7, 11) is 1.97. The number of aryl methyl sites for hydroxylation is 1. The molecule has 2 rings (SSSR count). The summed E-state index contributed by atoms with van der Waals surface area (Å²) < 4.78 is 3.00. The number of rotatable bonds is 8. The van der Waals surface area contributed by atoms with E-state index < -0.39 is 0 Å². The third kappa shape index (κ3) is 5.85. The highest BCUT2D eigenvalue weighted by Gasteiger charge is 2.11. The van der Waals surface area contributed by atoms with Crippen LogP contribution in [0.4, 0.5) is 0 Å². The molecule has 1 aromatic carbocycles. The van der Waals surface area contributed by atoms with E-state index in [1.165, 1.54) is 4.90 Å². The number of hydrogen-bond acceptors (Lipinski definition) is 3. The third-order valence-electron chi connectivity index (χ3n) is 3.15. The minimum Gasteiger partial charge on any atom is -0.313 e. The van der Waals surface area contributed by atoms with Gasteiger partial charge in [0, 0.05) is 40.8 Å². The van der Waals surface area contributed by atoms with Crippen molar-refractivity contribution in [2.75, 3.05) is 12.3 Å². The van der Waals surface area contributed by atoms with Crippen LogP contribution in [-0.4, -0.2) is 28.1 Å². The van der Waals surface area contributed by atoms with Crippen molar-refractivity contribution in [3.05, 3.63) is 46.7 Å². The van der Waals surface area contributed by atoms with Crippen LogP contribution in [0.3, 0.4) is 0 Å². The summed E-state index contributed by atoms with van der Waals surface area (Å²) in [5.74, 6) is 1.05. The summed E-state index contributed by atoms with van der Waals surface area (Å²) >= 11 is 5.42. The van der Waals surface area contributed by atoms with Crippen LogP contribution in [0.2, 0.25) is 0 Å². The van der Waals surface area contributed by atoms with E-state index in [1.807, 2.05) is 29.7 Å². The molecule has 114 valence electrons. The van der Waals surface area contributed by atoms with Gasteiger partial charge in [-0.25, -0.2) is 0 Å². The molecule has 1 aromatic heterocycles. The van der Waals surface area contributed by atoms with Crippen molar-refractivity contribution < 1.29 is 0 Å². The molecule has 0 radical (unpaired) electrons. The summed E-state index contributed by atoms with van der Waals surface area (Å²) in [6.45, 7) is 3.25. The SMILES string of the molecule is CCCNC(CSc1cccc(Br)c1)Cc1ccn(C)n1. The number of halogens is 1. The molecule has 1 unspecified atom stereocenters. The zero-order valence-electron chi connectivity index (χ0n) is 12.6. The van der Waals surface area contributed by atoms with Crippen LogP contribution in [0.5, 0.6) is 0 Å². The monoisotopic (exact) mass is 367 g/mol. The summed E-state index contributed by atoms with van der Waals surface area (Å²) in [6.07, 6.45) is 4.13. The van der Waals surface area contributed by atoms with Crippen molar-refractivity contribution in [2.45, 2.75) is 30.7 Å². The first-order valence-corrected chi connectivity index (χ1v) is 9.05. The first kappa shape index (κ1) is 16.6. The van der Waals surface area contributed by atoms with Crippen LogP contribution in [0.25, 0.3) is 0 Å². The Bertz CT molecular complexity index is 556. The van der Waals surface area contributed by atoms with Gasteiger partial charge in [0.2, 0.25) is 0 Å². The maximum atomic E-state index is 4.49. The second kappa shape index (κ2) is 8.61. The van der Waals surface area contributed by atoms with Gasteiger partial charge >= 0.3 is 0 Å². The Morgan fingerprint density at radius 3 is 2.90 bits per heavy atom. The molecule has 0 spiro atoms. The van der Waals surface area contributed by atoms with Gasteiger partial charge in [-0.1, -0.05) is 28.9 Å². The fourth-order valence-electron chi connectivity index (χ4n) is 2.12. The second-order valence-corrected chi connectivity index (χ2v) is 7.11. The molecule has 1 heterocycles. The second-order valence-electron chi connectivity index (χ2n) is 5.10. The maximum Gasteiger partial charge on any atom is 0.0640 e. The van der Waals surface area contributed by atoms with Crippen LogP contribution >= 0.6 is 27.7 Å². The highest BCUT2D eigenvalue weighted by molar-refractivity contribution is 9.10. The van der Waals surface area contributed by atoms with Crippen LogP contribution in [0.1, 0.15) is 19.0 Å². The predicted octanol–water partition coefficient (Wildman–Crippen LogP) is 3.89. The van der Waals surface area contributed by atoms with E-state index >= 15 is 0 Å². The molecule has 3 nitrogen and oxygen atoms in total. The highest BCUT2D eigenvalue weighted by Crippen LogP contribution is 2.23. The summed E-state index contributed by atoms with van der Waals surface area (Å²) in [6, 6.07) is 11.0. The van der Waals surface area contributed by atoms with Crippen molar-refractivity contribution in [2.24, 2.45) is 7.05 Å². The van der Waals surface area contributed by atoms with Gasteiger partial charge in [-0.2, -0.15) is 5.10 Å². The zero-order valence-corrected chi connectivity index (χ0v) is 15.0. The van der Waals surface area contributed by atoms with Crippen molar-refractivity contribution in [3.8, 4) is 0 Å². The first-order valence-electron chi connectivity index (χ1n) is 7.27. The van der Waals surface area contributed by atoms with E-state index in [2.05, 4.69) is 63.6 Å². The third-order valence-corrected chi connectivity index (χ3v) is 4.80. The molecule has 0 bridgehead atoms. The Kier molecular flexibility index (Phi) is 6.80. The summed E-state index contributed by atoms with van der Waals surface area (Å²) in [4.78, 5) is 1.30. The molecule has 0 fully saturated rings. The molecule has 2 aromatic rings. The summed E-state index contributed by atoms with van der Waals surface area (Å²) in [5.41, 5.74) is 1.15. The molecule has 0 amide bonds. The molecule has 1 atom stereocenters. The fourth-order valence-corrected chi connectivity index (χ4v) is 3.68. The van der Waals surface area contributed by atoms with E-state index in [0.29, 0.717) is 6.04 Å². The average Bonchev–Trinajstić information content (AvgIpc) is 2.87. The van der Waals surface area contributed by atoms with Crippen LogP contribution in [0, 0.1) is 0 Å². The van der Waals surface area contributed by atoms with Crippen LogP contribution < -0.4 is 5.32 Å². The normalized spacial score (nSPS) is 12.5. The Hall–Kier alpha value is -0.780. The maximum absolute atomic E-state index is 4.49. The molecule has 0 aliphatic rings. The van der Waals surface area contributed by atoms with E-state index in [9.17, 15) is 0 Å². The first-order chi connectivity index (χ1) is 10.2. The Morgan fingerprint density at radius 1 is 1.38 bits per heavy atom. The lowest BCUT2D eigenvalue weighted by atomic mass is 10.2. The Labute approximate surface area is 139 Å². The average molecular weight is 368 g/mol. The van der Waals surface area contributed by atoms with Crippen molar-refractivity contribution in [1.82, 2.24) is 15.1 Å². The van der Waals surface area contributed by atoms with Crippen molar-refractivity contribution >= 4 is 27.7 Å². The van der Waals surface area contributed by atoms with Crippen molar-refractivity contribution in [3.63, 3.8) is 0 Å². The molecule has 21 heavy (non-hydrogen) atoms. The standard InChI is InChI=1S/C16H22BrN3S/c1-3-8-18-15(11-14-7-9-20(2)19-14)12-21-16-6-4-5-13(17)10-16/h4-7,9-10,15,18H,3,8,11-12H2,1-2H3. The molecule has 0 saturated heterocycles. The number of aromatic nitrogens is 2. The number of nitrogens with one attached hydrogen (secondary N) is 1. The molecular weight excluding hydrogens is 346 g/mol. The van der Waals surface area contributed by atoms with Crippen LogP contribution in [-0.2, 0) is 13.5 Å². The molecular formula is C16H22BrN3S. The van der Waals surface area contributed by atoms with Gasteiger partial charge in [0.1, 0.15) is 0 Å². The van der Waals surface area contributed by atoms with E-state index in [-0.39, 0.29) is 0 Å². The number of hydrogen-bond donors (Lipinski definition) is 1. The Morgan fingerprint density at radius 2 is 2.24 bits per heavy atom. The number of benzene rings is 1. The smallest absolute Gasteiger partial charge is 0.0640 e. The predicted molar refractivity (Wildman–Crippen MR) is 93.9 cm³/mol. The minimum atomic E-state index is 0.448. The zero-order chi connectivity index (χ0) is 15.1. The molecule has 1 N–H and O–H groups in total. The van der Waals surface area contributed by atoms with Gasteiger partial charge < -0.3 is 5.32 Å². The van der Waals surface area contributed by atoms with E-state index in [4.69, 9.17) is 0 Å². The van der Waals surface area contributed by atoms with Gasteiger partial charge in [0.15, 0.2) is 0 Å². The number of thioether (sulfide) groups is 1. The van der Waals surface area contributed by atoms with Gasteiger partial charge in [-0.15, -0.1) is 11.8 Å². The van der Waals surface area contributed by atoms with Gasteiger partial charge in [-0.3, -0.25) is 4.68 Å². The highest BCUT2D eigenvalue weighted by atomic mass is 79.9. The van der Waals surface area contributed by atoms with E-state index in [1.54, 1.807) is 0 Å². The van der Waals surface area contributed by atoms with Crippen LogP contribution in [0.15, 0.2) is 45.9 Å². The molecule has 0 aliphatic heterocycles. The minimum absolute atomic E-state index is 0.448. The van der Waals surface area contributed by atoms with Gasteiger partial charge in [-0.05, 0) is 37.2 Å². The lowest BCUT2D eigenvalue weighted by molar-refractivity contribution is 0.541. The molecule has 0 aliphatic carbocycles. The Balaban J connectivity index is 1.92. The van der Waals surface area contributed by atoms with E-state index in [0.717, 1.165) is 35.3 Å². The summed E-state index contributed by atoms with van der Waals surface area (Å²) in [5, 5.41) is 8.12. The van der Waals surface area contributed by atoms with Crippen molar-refractivity contribution in [1.29, 1.82) is 0 Å². The fraction of sp³-hybridized carbons (Fsp3) is 0.438. The largest absolute Gasteiger partial charge is 0.313 e. The lowest BCUT2D eigenvalue weighted by Gasteiger charge is -2.17. The molecule has 0 saturated carbocycles. The quantitative estimate of drug-likeness (QED) is 0.717. The van der Waals surface area contributed by atoms with Gasteiger partial charge in [0.05, 0.1) is 5.69 Å². The molecule has 5 heteroatoms. The lowest BCUT2D eigenvalue weighted by Crippen LogP contribution is -2.34. The van der Waals surface area contributed by atoms with Gasteiger partial charge in [0.25, 0.3) is 0 Å².